The predicted molar refractivity (Wildman–Crippen MR) is 103 cm³/mol. The summed E-state index contributed by atoms with van der Waals surface area (Å²) in [5.74, 6) is -0.709. The minimum atomic E-state index is -0.354. The summed E-state index contributed by atoms with van der Waals surface area (Å²) in [6.45, 7) is 5.00. The fourth-order valence-electron chi connectivity index (χ4n) is 3.35. The summed E-state index contributed by atoms with van der Waals surface area (Å²) in [5.41, 5.74) is 1.82. The van der Waals surface area contributed by atoms with Crippen molar-refractivity contribution < 1.29 is 18.3 Å². The second-order valence-electron chi connectivity index (χ2n) is 6.67. The van der Waals surface area contributed by atoms with Crippen LogP contribution >= 0.6 is 0 Å². The Labute approximate surface area is 162 Å². The van der Waals surface area contributed by atoms with Gasteiger partial charge in [0.15, 0.2) is 0 Å². The van der Waals surface area contributed by atoms with Gasteiger partial charge < -0.3 is 19.3 Å². The zero-order valence-electron chi connectivity index (χ0n) is 15.5. The summed E-state index contributed by atoms with van der Waals surface area (Å²) in [6, 6.07) is 9.47. The highest BCUT2D eigenvalue weighted by atomic mass is 19.1. The van der Waals surface area contributed by atoms with Crippen molar-refractivity contribution in [2.24, 2.45) is 10.2 Å². The molecular formula is C20H22F2N4O2. The lowest BCUT2D eigenvalue weighted by Gasteiger charge is -2.29. The molecule has 0 N–H and O–H groups in total. The standard InChI is InChI=1S/C20H22F2N4O2/c21-17-13-15(1-3-19(17)25-5-9-27-10-6-25)23-24-16-2-4-20(18(22)14-16)26-7-11-28-12-8-26/h1-4,13-14H,5-12H2. The quantitative estimate of drug-likeness (QED) is 0.742. The van der Waals surface area contributed by atoms with E-state index in [1.54, 1.807) is 24.3 Å². The number of nitrogens with zero attached hydrogens (tertiary/aromatic N) is 4. The van der Waals surface area contributed by atoms with Crippen molar-refractivity contribution >= 4 is 22.7 Å². The molecule has 0 amide bonds. The summed E-state index contributed by atoms with van der Waals surface area (Å²) in [4.78, 5) is 3.89. The summed E-state index contributed by atoms with van der Waals surface area (Å²) in [5, 5.41) is 8.10. The van der Waals surface area contributed by atoms with E-state index in [0.29, 0.717) is 75.4 Å². The summed E-state index contributed by atoms with van der Waals surface area (Å²) in [6.07, 6.45) is 0. The Hall–Kier alpha value is -2.58. The molecule has 2 aliphatic rings. The largest absolute Gasteiger partial charge is 0.378 e. The molecular weight excluding hydrogens is 366 g/mol. The summed E-state index contributed by atoms with van der Waals surface area (Å²) < 4.78 is 39.4. The number of hydrogen-bond donors (Lipinski definition) is 0. The van der Waals surface area contributed by atoms with Crippen molar-refractivity contribution in [2.75, 3.05) is 62.4 Å². The molecule has 2 aliphatic heterocycles. The smallest absolute Gasteiger partial charge is 0.148 e. The molecule has 2 fully saturated rings. The van der Waals surface area contributed by atoms with Crippen LogP contribution in [0.4, 0.5) is 31.5 Å². The number of hydrogen-bond acceptors (Lipinski definition) is 6. The van der Waals surface area contributed by atoms with Gasteiger partial charge in [0.2, 0.25) is 0 Å². The van der Waals surface area contributed by atoms with Gasteiger partial charge in [-0.2, -0.15) is 10.2 Å². The normalized spacial score (nSPS) is 18.1. The van der Waals surface area contributed by atoms with Crippen LogP contribution in [0, 0.1) is 11.6 Å². The molecule has 0 aliphatic carbocycles. The topological polar surface area (TPSA) is 49.7 Å². The molecule has 0 spiro atoms. The van der Waals surface area contributed by atoms with E-state index in [9.17, 15) is 8.78 Å². The van der Waals surface area contributed by atoms with Gasteiger partial charge in [0.25, 0.3) is 0 Å². The van der Waals surface area contributed by atoms with Gasteiger partial charge in [0.1, 0.15) is 11.6 Å². The molecule has 0 saturated carbocycles. The van der Waals surface area contributed by atoms with Crippen molar-refractivity contribution in [1.82, 2.24) is 0 Å². The third kappa shape index (κ3) is 4.28. The van der Waals surface area contributed by atoms with Gasteiger partial charge in [-0.15, -0.1) is 0 Å². The molecule has 0 atom stereocenters. The van der Waals surface area contributed by atoms with E-state index in [4.69, 9.17) is 9.47 Å². The number of anilines is 2. The van der Waals surface area contributed by atoms with Crippen LogP contribution in [0.2, 0.25) is 0 Å². The number of morpholine rings is 2. The lowest BCUT2D eigenvalue weighted by molar-refractivity contribution is 0.122. The molecule has 28 heavy (non-hydrogen) atoms. The minimum absolute atomic E-state index is 0.354. The highest BCUT2D eigenvalue weighted by Gasteiger charge is 2.16. The van der Waals surface area contributed by atoms with Crippen LogP contribution in [0.15, 0.2) is 46.6 Å². The number of halogens is 2. The van der Waals surface area contributed by atoms with Crippen LogP contribution in [0.3, 0.4) is 0 Å². The fraction of sp³-hybridized carbons (Fsp3) is 0.400. The van der Waals surface area contributed by atoms with Crippen molar-refractivity contribution in [3.05, 3.63) is 48.0 Å². The molecule has 148 valence electrons. The van der Waals surface area contributed by atoms with Gasteiger partial charge in [0.05, 0.1) is 49.2 Å². The average molecular weight is 388 g/mol. The number of rotatable bonds is 4. The third-order valence-corrected chi connectivity index (χ3v) is 4.85. The second kappa shape index (κ2) is 8.62. The zero-order valence-corrected chi connectivity index (χ0v) is 15.5. The maximum atomic E-state index is 14.4. The van der Waals surface area contributed by atoms with Gasteiger partial charge in [-0.1, -0.05) is 0 Å². The van der Waals surface area contributed by atoms with E-state index in [1.165, 1.54) is 12.1 Å². The highest BCUT2D eigenvalue weighted by molar-refractivity contribution is 5.56. The van der Waals surface area contributed by atoms with Gasteiger partial charge in [-0.05, 0) is 24.3 Å². The maximum absolute atomic E-state index is 14.4. The number of azo groups is 1. The Bertz CT molecular complexity index is 781. The zero-order chi connectivity index (χ0) is 19.3. The Kier molecular flexibility index (Phi) is 5.78. The third-order valence-electron chi connectivity index (χ3n) is 4.85. The van der Waals surface area contributed by atoms with E-state index in [-0.39, 0.29) is 11.6 Å². The monoisotopic (exact) mass is 388 g/mol. The Morgan fingerprint density at radius 2 is 1.04 bits per heavy atom. The molecule has 2 aromatic rings. The molecule has 0 bridgehead atoms. The highest BCUT2D eigenvalue weighted by Crippen LogP contribution is 2.28. The van der Waals surface area contributed by atoms with Crippen molar-refractivity contribution in [3.8, 4) is 0 Å². The molecule has 8 heteroatoms. The molecule has 2 heterocycles. The maximum Gasteiger partial charge on any atom is 0.148 e. The van der Waals surface area contributed by atoms with Crippen LogP contribution in [0.5, 0.6) is 0 Å². The lowest BCUT2D eigenvalue weighted by Crippen LogP contribution is -2.36. The molecule has 6 nitrogen and oxygen atoms in total. The van der Waals surface area contributed by atoms with E-state index >= 15 is 0 Å². The van der Waals surface area contributed by atoms with Gasteiger partial charge in [-0.25, -0.2) is 8.78 Å². The van der Waals surface area contributed by atoms with E-state index < -0.39 is 0 Å². The van der Waals surface area contributed by atoms with Crippen molar-refractivity contribution in [1.29, 1.82) is 0 Å². The molecule has 4 rings (SSSR count). The summed E-state index contributed by atoms with van der Waals surface area (Å²) >= 11 is 0. The van der Waals surface area contributed by atoms with Crippen LogP contribution in [0.1, 0.15) is 0 Å². The average Bonchev–Trinajstić information content (AvgIpc) is 2.74. The van der Waals surface area contributed by atoms with Crippen LogP contribution in [0.25, 0.3) is 0 Å². The van der Waals surface area contributed by atoms with Crippen LogP contribution in [-0.4, -0.2) is 52.6 Å². The lowest BCUT2D eigenvalue weighted by atomic mass is 10.2. The number of ether oxygens (including phenoxy) is 2. The second-order valence-corrected chi connectivity index (χ2v) is 6.67. The Balaban J connectivity index is 1.46. The molecule has 0 aromatic heterocycles. The first-order chi connectivity index (χ1) is 13.7. The van der Waals surface area contributed by atoms with Crippen LogP contribution in [-0.2, 0) is 9.47 Å². The Morgan fingerprint density at radius 1 is 0.643 bits per heavy atom. The van der Waals surface area contributed by atoms with E-state index in [2.05, 4.69) is 10.2 Å². The van der Waals surface area contributed by atoms with Crippen LogP contribution < -0.4 is 9.80 Å². The first-order valence-electron chi connectivity index (χ1n) is 9.37. The van der Waals surface area contributed by atoms with Gasteiger partial charge in [0, 0.05) is 38.3 Å². The van der Waals surface area contributed by atoms with E-state index in [0.717, 1.165) is 0 Å². The van der Waals surface area contributed by atoms with Gasteiger partial charge in [-0.3, -0.25) is 0 Å². The fourth-order valence-corrected chi connectivity index (χ4v) is 3.35. The first kappa shape index (κ1) is 18.8. The predicted octanol–water partition coefficient (Wildman–Crippen LogP) is 4.05. The van der Waals surface area contributed by atoms with Gasteiger partial charge >= 0.3 is 0 Å². The minimum Gasteiger partial charge on any atom is -0.378 e. The molecule has 2 saturated heterocycles. The number of benzene rings is 2. The SMILES string of the molecule is Fc1cc(N=Nc2ccc(N3CCOCC3)c(F)c2)ccc1N1CCOCC1. The molecule has 0 radical (unpaired) electrons. The molecule has 2 aromatic carbocycles. The van der Waals surface area contributed by atoms with Crippen molar-refractivity contribution in [2.45, 2.75) is 0 Å². The summed E-state index contributed by atoms with van der Waals surface area (Å²) in [7, 11) is 0. The molecule has 0 unspecified atom stereocenters. The first-order valence-corrected chi connectivity index (χ1v) is 9.37. The Morgan fingerprint density at radius 3 is 1.39 bits per heavy atom. The van der Waals surface area contributed by atoms with E-state index in [1.807, 2.05) is 9.80 Å². The van der Waals surface area contributed by atoms with Crippen molar-refractivity contribution in [3.63, 3.8) is 0 Å².